The van der Waals surface area contributed by atoms with Crippen LogP contribution < -0.4 is 26.4 Å². The molecule has 70 heavy (non-hydrogen) atoms. The topological polar surface area (TPSA) is 252 Å². The van der Waals surface area contributed by atoms with Gasteiger partial charge in [-0.1, -0.05) is 112 Å². The van der Waals surface area contributed by atoms with E-state index in [4.69, 9.17) is 29.2 Å². The summed E-state index contributed by atoms with van der Waals surface area (Å²) >= 11 is 0. The van der Waals surface area contributed by atoms with Gasteiger partial charge in [-0.3, -0.25) is 24.0 Å². The minimum atomic E-state index is -1.36. The van der Waals surface area contributed by atoms with Gasteiger partial charge in [0.25, 0.3) is 11.8 Å². The lowest BCUT2D eigenvalue weighted by molar-refractivity contribution is -0.171. The van der Waals surface area contributed by atoms with Crippen molar-refractivity contribution in [2.75, 3.05) is 19.0 Å². The highest BCUT2D eigenvalue weighted by Gasteiger charge is 2.34. The zero-order chi connectivity index (χ0) is 50.4. The first kappa shape index (κ1) is 52.7. The number of benzene rings is 4. The molecular formula is C52H57N5O13. The molecule has 5 rings (SSSR count). The molecule has 0 aliphatic carbocycles. The SMILES string of the molecule is CCCCC[C@@H](C(=O)NCNC(=O)c1ccc(-c2ccc(C(=O)N[C@@H](CC(C)=O)C(=O)OCc3ccccc3)c(OCC(=O)OCc3ccccc3)c2)o1)[C@@H](CC)N(C=O)OC(=O)c1ccccc1N. The molecule has 0 saturated heterocycles. The molecule has 0 fully saturated rings. The number of nitrogens with zero attached hydrogens (tertiary/aromatic N) is 1. The van der Waals surface area contributed by atoms with Gasteiger partial charge >= 0.3 is 17.9 Å². The number of amides is 4. The number of hydroxylamine groups is 2. The van der Waals surface area contributed by atoms with E-state index in [9.17, 15) is 38.4 Å². The third-order valence-electron chi connectivity index (χ3n) is 10.9. The fraction of sp³-hybridized carbons (Fsp3) is 0.308. The maximum atomic E-state index is 13.8. The summed E-state index contributed by atoms with van der Waals surface area (Å²) in [5.74, 6) is -5.80. The molecule has 0 radical (unpaired) electrons. The number of nitrogen functional groups attached to an aromatic ring is 1. The molecule has 0 spiro atoms. The third-order valence-corrected chi connectivity index (χ3v) is 10.9. The minimum Gasteiger partial charge on any atom is -0.481 e. The zero-order valence-corrected chi connectivity index (χ0v) is 39.2. The minimum absolute atomic E-state index is 0.0324. The molecule has 0 unspecified atom stereocenters. The molecule has 4 amide bonds. The number of anilines is 1. The van der Waals surface area contributed by atoms with Crippen LogP contribution in [0.15, 0.2) is 120 Å². The van der Waals surface area contributed by atoms with Gasteiger partial charge in [-0.05, 0) is 67.3 Å². The lowest BCUT2D eigenvalue weighted by Crippen LogP contribution is -2.49. The third kappa shape index (κ3) is 15.6. The first-order valence-electron chi connectivity index (χ1n) is 22.8. The number of hydrogen-bond donors (Lipinski definition) is 4. The molecule has 4 aromatic carbocycles. The van der Waals surface area contributed by atoms with Crippen molar-refractivity contribution in [1.82, 2.24) is 21.0 Å². The van der Waals surface area contributed by atoms with Crippen molar-refractivity contribution in [2.24, 2.45) is 5.92 Å². The Morgan fingerprint density at radius 1 is 0.757 bits per heavy atom. The van der Waals surface area contributed by atoms with Crippen LogP contribution in [-0.4, -0.2) is 78.2 Å². The molecule has 3 atom stereocenters. The Morgan fingerprint density at radius 2 is 1.43 bits per heavy atom. The second-order valence-corrected chi connectivity index (χ2v) is 16.1. The summed E-state index contributed by atoms with van der Waals surface area (Å²) < 4.78 is 22.5. The number of esters is 2. The fourth-order valence-electron chi connectivity index (χ4n) is 7.24. The van der Waals surface area contributed by atoms with Gasteiger partial charge < -0.3 is 45.1 Å². The maximum absolute atomic E-state index is 13.8. The molecule has 5 aromatic rings. The van der Waals surface area contributed by atoms with Crippen molar-refractivity contribution < 1.29 is 61.8 Å². The van der Waals surface area contributed by atoms with Gasteiger partial charge in [-0.15, -0.1) is 0 Å². The Labute approximate surface area is 405 Å². The van der Waals surface area contributed by atoms with Crippen molar-refractivity contribution in [1.29, 1.82) is 0 Å². The Morgan fingerprint density at radius 3 is 2.07 bits per heavy atom. The van der Waals surface area contributed by atoms with E-state index in [-0.39, 0.29) is 72.6 Å². The van der Waals surface area contributed by atoms with E-state index in [2.05, 4.69) is 16.0 Å². The number of nitrogens with one attached hydrogen (secondary N) is 3. The number of nitrogens with two attached hydrogens (primary N) is 1. The fourth-order valence-corrected chi connectivity index (χ4v) is 7.24. The van der Waals surface area contributed by atoms with Crippen molar-refractivity contribution in [3.63, 3.8) is 0 Å². The summed E-state index contributed by atoms with van der Waals surface area (Å²) in [6.07, 6.45) is 2.89. The molecule has 18 heteroatoms. The quantitative estimate of drug-likeness (QED) is 0.0110. The zero-order valence-electron chi connectivity index (χ0n) is 39.2. The predicted molar refractivity (Wildman–Crippen MR) is 255 cm³/mol. The molecule has 0 bridgehead atoms. The first-order chi connectivity index (χ1) is 33.8. The van der Waals surface area contributed by atoms with E-state index < -0.39 is 60.2 Å². The van der Waals surface area contributed by atoms with E-state index >= 15 is 0 Å². The molecule has 0 aliphatic rings. The second-order valence-electron chi connectivity index (χ2n) is 16.1. The highest BCUT2D eigenvalue weighted by atomic mass is 16.7. The van der Waals surface area contributed by atoms with Crippen LogP contribution in [-0.2, 0) is 51.5 Å². The van der Waals surface area contributed by atoms with Crippen LogP contribution in [0.3, 0.4) is 0 Å². The molecule has 0 aliphatic heterocycles. The lowest BCUT2D eigenvalue weighted by Gasteiger charge is -2.31. The van der Waals surface area contributed by atoms with Crippen LogP contribution >= 0.6 is 0 Å². The average molecular weight is 960 g/mol. The summed E-state index contributed by atoms with van der Waals surface area (Å²) in [6.45, 7) is 3.94. The summed E-state index contributed by atoms with van der Waals surface area (Å²) in [6, 6.07) is 29.0. The van der Waals surface area contributed by atoms with E-state index in [0.29, 0.717) is 30.4 Å². The molecule has 1 aromatic heterocycles. The Bertz CT molecular complexity index is 2580. The Kier molecular flexibility index (Phi) is 20.2. The molecule has 0 saturated carbocycles. The number of carbonyl (C=O) groups is 8. The van der Waals surface area contributed by atoms with Gasteiger partial charge in [0.15, 0.2) is 12.4 Å². The number of ether oxygens (including phenoxy) is 3. The predicted octanol–water partition coefficient (Wildman–Crippen LogP) is 6.48. The molecule has 5 N–H and O–H groups in total. The Balaban J connectivity index is 1.28. The van der Waals surface area contributed by atoms with E-state index in [1.165, 1.54) is 49.4 Å². The van der Waals surface area contributed by atoms with E-state index in [1.807, 2.05) is 13.0 Å². The van der Waals surface area contributed by atoms with Crippen molar-refractivity contribution in [3.8, 4) is 17.1 Å². The molecule has 1 heterocycles. The van der Waals surface area contributed by atoms with Crippen molar-refractivity contribution in [3.05, 3.63) is 143 Å². The number of furan rings is 1. The van der Waals surface area contributed by atoms with Crippen molar-refractivity contribution >= 4 is 53.5 Å². The number of unbranched alkanes of at least 4 members (excludes halogenated alkanes) is 2. The van der Waals surface area contributed by atoms with E-state index in [1.54, 1.807) is 73.7 Å². The highest BCUT2D eigenvalue weighted by molar-refractivity contribution is 6.01. The van der Waals surface area contributed by atoms with Crippen LogP contribution in [0.4, 0.5) is 5.69 Å². The standard InChI is InChI=1S/C52H57N5O13/c1-4-6-9-21-39(43(5-2)57(33-58)70-51(64)38-20-14-15-22-41(38)53)48(61)54-32-55-50(63)45-26-25-44(69-45)37-23-24-40(46(28-37)66-31-47(60)67-29-35-16-10-7-11-17-35)49(62)56-42(27-34(3)59)52(65)68-30-36-18-12-8-13-19-36/h7-8,10-20,22-26,28,33,39,42-43H,4-6,9,21,27,29-32,53H2,1-3H3,(H,54,61)(H,55,63)(H,56,62)/t39-,42+,43-/m1/s1. The normalized spacial score (nSPS) is 12.0. The van der Waals surface area contributed by atoms with E-state index in [0.717, 1.165) is 23.5 Å². The van der Waals surface area contributed by atoms with Gasteiger partial charge in [0.1, 0.15) is 36.5 Å². The van der Waals surface area contributed by atoms with Gasteiger partial charge in [-0.25, -0.2) is 14.4 Å². The Hall–Kier alpha value is -8.28. The number of rotatable bonds is 27. The maximum Gasteiger partial charge on any atom is 0.365 e. The van der Waals surface area contributed by atoms with Crippen LogP contribution in [0.25, 0.3) is 11.3 Å². The molecule has 368 valence electrons. The average Bonchev–Trinajstić information content (AvgIpc) is 3.87. The molecular weight excluding hydrogens is 903 g/mol. The van der Waals surface area contributed by atoms with Crippen molar-refractivity contribution in [2.45, 2.75) is 84.6 Å². The smallest absolute Gasteiger partial charge is 0.365 e. The monoisotopic (exact) mass is 959 g/mol. The van der Waals surface area contributed by atoms with Crippen LogP contribution in [0, 0.1) is 5.92 Å². The van der Waals surface area contributed by atoms with Crippen LogP contribution in [0.1, 0.15) is 102 Å². The summed E-state index contributed by atoms with van der Waals surface area (Å²) in [7, 11) is 0. The largest absolute Gasteiger partial charge is 0.481 e. The number of ketones is 1. The number of Topliss-reactive ketones (excluding diaryl/α,β-unsaturated/α-hetero) is 1. The summed E-state index contributed by atoms with van der Waals surface area (Å²) in [5.41, 5.74) is 7.79. The van der Waals surface area contributed by atoms with Crippen LogP contribution in [0.5, 0.6) is 5.75 Å². The lowest BCUT2D eigenvalue weighted by atomic mass is 9.90. The summed E-state index contributed by atoms with van der Waals surface area (Å²) in [5, 5.41) is 8.67. The van der Waals surface area contributed by atoms with Gasteiger partial charge in [0.05, 0.1) is 29.8 Å². The summed E-state index contributed by atoms with van der Waals surface area (Å²) in [4.78, 5) is 110. The number of hydrogen-bond acceptors (Lipinski definition) is 14. The second kappa shape index (κ2) is 26.9. The van der Waals surface area contributed by atoms with Crippen LogP contribution in [0.2, 0.25) is 0 Å². The first-order valence-corrected chi connectivity index (χ1v) is 22.8. The molecule has 18 nitrogen and oxygen atoms in total. The highest BCUT2D eigenvalue weighted by Crippen LogP contribution is 2.30. The number of para-hydroxylation sites is 1. The van der Waals surface area contributed by atoms with Gasteiger partial charge in [-0.2, -0.15) is 5.06 Å². The van der Waals surface area contributed by atoms with Gasteiger partial charge in [0.2, 0.25) is 12.3 Å². The van der Waals surface area contributed by atoms with Gasteiger partial charge in [0, 0.05) is 17.7 Å². The number of carbonyl (C=O) groups excluding carboxylic acids is 8.